The molecule has 104 valence electrons. The van der Waals surface area contributed by atoms with E-state index in [0.717, 1.165) is 19.3 Å². The van der Waals surface area contributed by atoms with Crippen molar-refractivity contribution in [3.05, 3.63) is 30.1 Å². The number of hydrogen-bond donors (Lipinski definition) is 1. The minimum absolute atomic E-state index is 0.0252. The van der Waals surface area contributed by atoms with Crippen LogP contribution in [0.4, 0.5) is 4.39 Å². The first kappa shape index (κ1) is 13.8. The second-order valence-corrected chi connectivity index (χ2v) is 5.91. The van der Waals surface area contributed by atoms with Gasteiger partial charge in [-0.3, -0.25) is 4.79 Å². The molecule has 1 aromatic rings. The number of halogens is 1. The third-order valence-electron chi connectivity index (χ3n) is 3.52. The van der Waals surface area contributed by atoms with Gasteiger partial charge in [0.05, 0.1) is 0 Å². The molecule has 0 radical (unpaired) electrons. The van der Waals surface area contributed by atoms with E-state index in [1.54, 1.807) is 0 Å². The Kier molecular flexibility index (Phi) is 4.08. The zero-order valence-electron chi connectivity index (χ0n) is 11.4. The number of hydrogen-bond acceptors (Lipinski definition) is 2. The Morgan fingerprint density at radius 2 is 2.11 bits per heavy atom. The van der Waals surface area contributed by atoms with E-state index in [1.165, 1.54) is 24.3 Å². The summed E-state index contributed by atoms with van der Waals surface area (Å²) in [5.41, 5.74) is 0.315. The second-order valence-electron chi connectivity index (χ2n) is 5.91. The molecule has 0 aromatic heterocycles. The number of rotatable bonds is 4. The summed E-state index contributed by atoms with van der Waals surface area (Å²) in [6, 6.07) is 5.90. The molecule has 0 aliphatic heterocycles. The first-order valence-electron chi connectivity index (χ1n) is 6.62. The van der Waals surface area contributed by atoms with Crippen molar-refractivity contribution in [2.24, 2.45) is 5.41 Å². The Bertz CT molecular complexity index is 442. The number of carbonyl (C=O) groups is 1. The summed E-state index contributed by atoms with van der Waals surface area (Å²) in [5, 5.41) is 2.98. The normalized spacial score (nSPS) is 21.1. The van der Waals surface area contributed by atoms with E-state index in [-0.39, 0.29) is 24.4 Å². The van der Waals surface area contributed by atoms with Gasteiger partial charge in [0.15, 0.2) is 6.61 Å². The van der Waals surface area contributed by atoms with Crippen LogP contribution in [0, 0.1) is 11.2 Å². The predicted octanol–water partition coefficient (Wildman–Crippen LogP) is 2.90. The van der Waals surface area contributed by atoms with Crippen LogP contribution in [0.25, 0.3) is 0 Å². The topological polar surface area (TPSA) is 38.3 Å². The number of ether oxygens (including phenoxy) is 1. The van der Waals surface area contributed by atoms with Gasteiger partial charge in [-0.2, -0.15) is 0 Å². The van der Waals surface area contributed by atoms with Gasteiger partial charge in [-0.1, -0.05) is 13.8 Å². The molecular formula is C15H20FNO2. The largest absolute Gasteiger partial charge is 0.484 e. The highest BCUT2D eigenvalue weighted by atomic mass is 19.1. The summed E-state index contributed by atoms with van der Waals surface area (Å²) < 4.78 is 18.0. The van der Waals surface area contributed by atoms with E-state index in [1.807, 2.05) is 0 Å². The number of benzene rings is 1. The molecule has 19 heavy (non-hydrogen) atoms. The molecule has 1 atom stereocenters. The number of amides is 1. The molecule has 0 spiro atoms. The Morgan fingerprint density at radius 1 is 1.42 bits per heavy atom. The minimum atomic E-state index is -0.315. The lowest BCUT2D eigenvalue weighted by molar-refractivity contribution is -0.123. The van der Waals surface area contributed by atoms with Crippen molar-refractivity contribution >= 4 is 5.91 Å². The predicted molar refractivity (Wildman–Crippen MR) is 71.5 cm³/mol. The third-order valence-corrected chi connectivity index (χ3v) is 3.52. The van der Waals surface area contributed by atoms with Crippen molar-refractivity contribution in [1.82, 2.24) is 5.32 Å². The van der Waals surface area contributed by atoms with Crippen molar-refractivity contribution in [1.29, 1.82) is 0 Å². The van der Waals surface area contributed by atoms with Crippen LogP contribution in [0.5, 0.6) is 5.75 Å². The van der Waals surface area contributed by atoms with Crippen LogP contribution in [0.1, 0.15) is 33.1 Å². The molecule has 0 heterocycles. The Hall–Kier alpha value is -1.58. The highest BCUT2D eigenvalue weighted by Crippen LogP contribution is 2.36. The maximum atomic E-state index is 12.7. The fraction of sp³-hybridized carbons (Fsp3) is 0.533. The monoisotopic (exact) mass is 265 g/mol. The Balaban J connectivity index is 1.74. The van der Waals surface area contributed by atoms with Crippen molar-refractivity contribution in [2.75, 3.05) is 6.61 Å². The van der Waals surface area contributed by atoms with Crippen LogP contribution >= 0.6 is 0 Å². The van der Waals surface area contributed by atoms with Crippen LogP contribution < -0.4 is 10.1 Å². The second kappa shape index (κ2) is 5.59. The van der Waals surface area contributed by atoms with E-state index in [0.29, 0.717) is 11.2 Å². The average molecular weight is 265 g/mol. The van der Waals surface area contributed by atoms with E-state index < -0.39 is 0 Å². The van der Waals surface area contributed by atoms with Crippen molar-refractivity contribution in [3.8, 4) is 5.75 Å². The van der Waals surface area contributed by atoms with E-state index in [9.17, 15) is 9.18 Å². The molecule has 0 saturated heterocycles. The van der Waals surface area contributed by atoms with Crippen LogP contribution in [-0.4, -0.2) is 18.6 Å². The lowest BCUT2D eigenvalue weighted by atomic mass is 9.92. The molecule has 4 heteroatoms. The first-order valence-corrected chi connectivity index (χ1v) is 6.62. The molecule has 1 unspecified atom stereocenters. The van der Waals surface area contributed by atoms with Crippen LogP contribution in [0.3, 0.4) is 0 Å². The first-order chi connectivity index (χ1) is 8.94. The maximum Gasteiger partial charge on any atom is 0.258 e. The molecule has 1 aliphatic carbocycles. The molecule has 1 N–H and O–H groups in total. The smallest absolute Gasteiger partial charge is 0.258 e. The fourth-order valence-electron chi connectivity index (χ4n) is 2.51. The summed E-state index contributed by atoms with van der Waals surface area (Å²) in [6.07, 6.45) is 3.17. The van der Waals surface area contributed by atoms with Gasteiger partial charge in [0.25, 0.3) is 5.91 Å². The van der Waals surface area contributed by atoms with Crippen molar-refractivity contribution in [3.63, 3.8) is 0 Å². The average Bonchev–Trinajstić information content (AvgIpc) is 2.68. The van der Waals surface area contributed by atoms with Crippen LogP contribution in [0.2, 0.25) is 0 Å². The Labute approximate surface area is 113 Å². The molecule has 1 aromatic carbocycles. The van der Waals surface area contributed by atoms with Gasteiger partial charge in [-0.05, 0) is 48.9 Å². The molecule has 1 fully saturated rings. The van der Waals surface area contributed by atoms with E-state index in [2.05, 4.69) is 19.2 Å². The summed E-state index contributed by atoms with van der Waals surface area (Å²) >= 11 is 0. The lowest BCUT2D eigenvalue weighted by Crippen LogP contribution is -2.36. The van der Waals surface area contributed by atoms with E-state index in [4.69, 9.17) is 4.74 Å². The van der Waals surface area contributed by atoms with Gasteiger partial charge in [-0.25, -0.2) is 4.39 Å². The van der Waals surface area contributed by atoms with Gasteiger partial charge >= 0.3 is 0 Å². The lowest BCUT2D eigenvalue weighted by Gasteiger charge is -2.17. The summed E-state index contributed by atoms with van der Waals surface area (Å²) in [4.78, 5) is 11.7. The number of carbonyl (C=O) groups excluding carboxylic acids is 1. The van der Waals surface area contributed by atoms with Gasteiger partial charge < -0.3 is 10.1 Å². The SMILES string of the molecule is CC1(C)CCC(NC(=O)COc2ccc(F)cc2)C1. The quantitative estimate of drug-likeness (QED) is 0.909. The highest BCUT2D eigenvalue weighted by molar-refractivity contribution is 5.77. The zero-order chi connectivity index (χ0) is 13.9. The molecular weight excluding hydrogens is 245 g/mol. The molecule has 3 nitrogen and oxygen atoms in total. The molecule has 1 aliphatic rings. The van der Waals surface area contributed by atoms with Gasteiger partial charge in [0.1, 0.15) is 11.6 Å². The van der Waals surface area contributed by atoms with E-state index >= 15 is 0 Å². The van der Waals surface area contributed by atoms with Crippen LogP contribution in [-0.2, 0) is 4.79 Å². The maximum absolute atomic E-state index is 12.7. The summed E-state index contributed by atoms with van der Waals surface area (Å²) in [7, 11) is 0. The molecule has 1 amide bonds. The standard InChI is InChI=1S/C15H20FNO2/c1-15(2)8-7-12(9-15)17-14(18)10-19-13-5-3-11(16)4-6-13/h3-6,12H,7-10H2,1-2H3,(H,17,18). The summed E-state index contributed by atoms with van der Waals surface area (Å²) in [5.74, 6) is 0.0697. The van der Waals surface area contributed by atoms with Crippen LogP contribution in [0.15, 0.2) is 24.3 Å². The van der Waals surface area contributed by atoms with Gasteiger partial charge in [0.2, 0.25) is 0 Å². The van der Waals surface area contributed by atoms with Gasteiger partial charge in [0, 0.05) is 6.04 Å². The molecule has 0 bridgehead atoms. The number of nitrogens with one attached hydrogen (secondary N) is 1. The third kappa shape index (κ3) is 4.23. The van der Waals surface area contributed by atoms with Crippen molar-refractivity contribution in [2.45, 2.75) is 39.2 Å². The van der Waals surface area contributed by atoms with Crippen molar-refractivity contribution < 1.29 is 13.9 Å². The zero-order valence-corrected chi connectivity index (χ0v) is 11.4. The Morgan fingerprint density at radius 3 is 2.68 bits per heavy atom. The molecule has 2 rings (SSSR count). The fourth-order valence-corrected chi connectivity index (χ4v) is 2.51. The highest BCUT2D eigenvalue weighted by Gasteiger charge is 2.31. The minimum Gasteiger partial charge on any atom is -0.484 e. The molecule has 1 saturated carbocycles. The van der Waals surface area contributed by atoms with Gasteiger partial charge in [-0.15, -0.1) is 0 Å². The summed E-state index contributed by atoms with van der Waals surface area (Å²) in [6.45, 7) is 4.41.